The minimum absolute atomic E-state index is 0.271. The normalized spacial score (nSPS) is 10.2. The number of para-hydroxylation sites is 2. The smallest absolute Gasteiger partial charge is 0.177 e. The molecule has 0 saturated heterocycles. The van der Waals surface area contributed by atoms with Gasteiger partial charge in [0, 0.05) is 11.1 Å². The third kappa shape index (κ3) is 6.74. The number of rotatable bonds is 12. The molecule has 0 saturated carbocycles. The zero-order valence-electron chi connectivity index (χ0n) is 17.4. The third-order valence-corrected chi connectivity index (χ3v) is 4.53. The number of Topliss-reactive ketones (excluding diaryl/α,β-unsaturated/α-hetero) is 4. The maximum absolute atomic E-state index is 12.2. The van der Waals surface area contributed by atoms with Crippen molar-refractivity contribution in [1.29, 1.82) is 0 Å². The quantitative estimate of drug-likeness (QED) is 0.317. The first kappa shape index (κ1) is 22.6. The lowest BCUT2D eigenvalue weighted by atomic mass is 10.1. The van der Waals surface area contributed by atoms with E-state index in [-0.39, 0.29) is 60.7 Å². The summed E-state index contributed by atoms with van der Waals surface area (Å²) >= 11 is 0. The van der Waals surface area contributed by atoms with Gasteiger partial charge in [-0.1, -0.05) is 72.8 Å². The van der Waals surface area contributed by atoms with Crippen LogP contribution in [0.5, 0.6) is 11.5 Å². The van der Waals surface area contributed by atoms with Crippen molar-refractivity contribution in [3.8, 4) is 11.5 Å². The van der Waals surface area contributed by atoms with Crippen molar-refractivity contribution < 1.29 is 28.7 Å². The maximum Gasteiger partial charge on any atom is 0.177 e. The van der Waals surface area contributed by atoms with Crippen LogP contribution < -0.4 is 9.47 Å². The van der Waals surface area contributed by atoms with E-state index in [2.05, 4.69) is 0 Å². The molecular formula is C26H22O6. The molecule has 3 rings (SSSR count). The van der Waals surface area contributed by atoms with Crippen LogP contribution in [0.4, 0.5) is 0 Å². The molecule has 3 aromatic carbocycles. The molecule has 0 aromatic heterocycles. The van der Waals surface area contributed by atoms with Crippen LogP contribution in [0.15, 0.2) is 84.9 Å². The highest BCUT2D eigenvalue weighted by molar-refractivity contribution is 6.09. The molecule has 0 radical (unpaired) electrons. The van der Waals surface area contributed by atoms with E-state index in [1.165, 1.54) is 0 Å². The lowest BCUT2D eigenvalue weighted by Crippen LogP contribution is -2.18. The molecule has 6 heteroatoms. The van der Waals surface area contributed by atoms with Crippen molar-refractivity contribution in [2.75, 3.05) is 13.2 Å². The average Bonchev–Trinajstić information content (AvgIpc) is 2.83. The van der Waals surface area contributed by atoms with Gasteiger partial charge in [0.25, 0.3) is 0 Å². The number of benzene rings is 3. The molecule has 0 atom stereocenters. The number of ketones is 4. The summed E-state index contributed by atoms with van der Waals surface area (Å²) in [6, 6.07) is 23.7. The summed E-state index contributed by atoms with van der Waals surface area (Å²) in [4.78, 5) is 48.6. The highest BCUT2D eigenvalue weighted by Gasteiger charge is 2.15. The zero-order valence-corrected chi connectivity index (χ0v) is 17.4. The molecule has 0 aliphatic carbocycles. The topological polar surface area (TPSA) is 86.7 Å². The van der Waals surface area contributed by atoms with E-state index < -0.39 is 0 Å². The average molecular weight is 430 g/mol. The van der Waals surface area contributed by atoms with Gasteiger partial charge in [-0.05, 0) is 12.1 Å². The number of carbonyl (C=O) groups excluding carboxylic acids is 4. The van der Waals surface area contributed by atoms with Crippen LogP contribution in [0.3, 0.4) is 0 Å². The van der Waals surface area contributed by atoms with Gasteiger partial charge in [-0.15, -0.1) is 0 Å². The Hall–Kier alpha value is -4.06. The number of hydrogen-bond donors (Lipinski definition) is 0. The van der Waals surface area contributed by atoms with Crippen molar-refractivity contribution in [3.05, 3.63) is 96.1 Å². The number of ether oxygens (including phenoxy) is 2. The first-order valence-electron chi connectivity index (χ1n) is 10.1. The lowest BCUT2D eigenvalue weighted by molar-refractivity contribution is -0.121. The van der Waals surface area contributed by atoms with E-state index in [1.54, 1.807) is 84.9 Å². The first-order chi connectivity index (χ1) is 15.5. The molecule has 32 heavy (non-hydrogen) atoms. The molecule has 0 heterocycles. The largest absolute Gasteiger partial charge is 0.482 e. The van der Waals surface area contributed by atoms with Gasteiger partial charge < -0.3 is 9.47 Å². The van der Waals surface area contributed by atoms with Gasteiger partial charge in [-0.25, -0.2) is 0 Å². The van der Waals surface area contributed by atoms with E-state index in [0.29, 0.717) is 11.1 Å². The Bertz CT molecular complexity index is 1000. The minimum Gasteiger partial charge on any atom is -0.482 e. The van der Waals surface area contributed by atoms with Crippen LogP contribution in [0, 0.1) is 0 Å². The van der Waals surface area contributed by atoms with Crippen molar-refractivity contribution in [1.82, 2.24) is 0 Å². The van der Waals surface area contributed by atoms with Crippen molar-refractivity contribution in [2.24, 2.45) is 0 Å². The molecule has 3 aromatic rings. The highest BCUT2D eigenvalue weighted by Crippen LogP contribution is 2.26. The van der Waals surface area contributed by atoms with Gasteiger partial charge in [0.1, 0.15) is 13.2 Å². The summed E-state index contributed by atoms with van der Waals surface area (Å²) in [7, 11) is 0. The number of hydrogen-bond acceptors (Lipinski definition) is 6. The summed E-state index contributed by atoms with van der Waals surface area (Å²) in [6.07, 6.45) is -0.541. The summed E-state index contributed by atoms with van der Waals surface area (Å²) < 4.78 is 11.0. The van der Waals surface area contributed by atoms with Gasteiger partial charge in [-0.3, -0.25) is 19.2 Å². The highest BCUT2D eigenvalue weighted by atomic mass is 16.5. The molecule has 0 fully saturated rings. The molecule has 0 N–H and O–H groups in total. The monoisotopic (exact) mass is 430 g/mol. The molecule has 162 valence electrons. The van der Waals surface area contributed by atoms with Gasteiger partial charge in [0.15, 0.2) is 34.6 Å². The Labute approximate surface area is 185 Å². The predicted octanol–water partition coefficient (Wildman–Crippen LogP) is 4.13. The van der Waals surface area contributed by atoms with E-state index in [9.17, 15) is 19.2 Å². The Morgan fingerprint density at radius 2 is 0.844 bits per heavy atom. The zero-order chi connectivity index (χ0) is 22.8. The van der Waals surface area contributed by atoms with E-state index in [0.717, 1.165) is 0 Å². The molecule has 6 nitrogen and oxygen atoms in total. The Morgan fingerprint density at radius 1 is 0.500 bits per heavy atom. The van der Waals surface area contributed by atoms with Gasteiger partial charge in [0.05, 0.1) is 12.8 Å². The molecule has 0 aliphatic rings. The van der Waals surface area contributed by atoms with Gasteiger partial charge >= 0.3 is 0 Å². The van der Waals surface area contributed by atoms with Crippen molar-refractivity contribution in [2.45, 2.75) is 12.8 Å². The molecule has 0 unspecified atom stereocenters. The van der Waals surface area contributed by atoms with Crippen LogP contribution in [-0.2, 0) is 9.59 Å². The summed E-state index contributed by atoms with van der Waals surface area (Å²) in [6.45, 7) is -0.612. The van der Waals surface area contributed by atoms with Gasteiger partial charge in [-0.2, -0.15) is 0 Å². The molecule has 0 bridgehead atoms. The molecule has 0 aliphatic heterocycles. The van der Waals surface area contributed by atoms with Gasteiger partial charge in [0.2, 0.25) is 0 Å². The SMILES string of the molecule is O=C(COc1ccccc1OCC(=O)CC(=O)c1ccccc1)CC(=O)c1ccccc1. The fourth-order valence-electron chi connectivity index (χ4n) is 2.92. The van der Waals surface area contributed by atoms with Crippen LogP contribution in [0.25, 0.3) is 0 Å². The van der Waals surface area contributed by atoms with E-state index in [1.807, 2.05) is 0 Å². The fraction of sp³-hybridized carbons (Fsp3) is 0.154. The predicted molar refractivity (Wildman–Crippen MR) is 118 cm³/mol. The standard InChI is InChI=1S/C26H22O6/c27-21(15-23(29)19-9-3-1-4-10-19)17-31-25-13-7-8-14-26(25)32-18-22(28)16-24(30)20-11-5-2-6-12-20/h1-14H,15-18H2. The summed E-state index contributed by atoms with van der Waals surface area (Å²) in [5, 5.41) is 0. The minimum atomic E-state index is -0.377. The van der Waals surface area contributed by atoms with E-state index >= 15 is 0 Å². The second-order valence-electron chi connectivity index (χ2n) is 7.03. The summed E-state index contributed by atoms with van der Waals surface area (Å²) in [5.74, 6) is -0.767. The van der Waals surface area contributed by atoms with Crippen molar-refractivity contribution >= 4 is 23.1 Å². The van der Waals surface area contributed by atoms with Crippen LogP contribution in [0.2, 0.25) is 0 Å². The first-order valence-corrected chi connectivity index (χ1v) is 10.1. The Balaban J connectivity index is 1.50. The second kappa shape index (κ2) is 11.4. The van der Waals surface area contributed by atoms with Crippen LogP contribution in [0.1, 0.15) is 33.6 Å². The molecule has 0 amide bonds. The third-order valence-electron chi connectivity index (χ3n) is 4.53. The van der Waals surface area contributed by atoms with Crippen LogP contribution in [-0.4, -0.2) is 36.3 Å². The Kier molecular flexibility index (Phi) is 8.03. The summed E-state index contributed by atoms with van der Waals surface area (Å²) in [5.41, 5.74) is 0.932. The second-order valence-corrected chi connectivity index (χ2v) is 7.03. The lowest BCUT2D eigenvalue weighted by Gasteiger charge is -2.12. The van der Waals surface area contributed by atoms with E-state index in [4.69, 9.17) is 9.47 Å². The fourth-order valence-corrected chi connectivity index (χ4v) is 2.92. The van der Waals surface area contributed by atoms with Crippen LogP contribution >= 0.6 is 0 Å². The maximum atomic E-state index is 12.2. The van der Waals surface area contributed by atoms with Crippen molar-refractivity contribution in [3.63, 3.8) is 0 Å². The molecule has 0 spiro atoms. The number of carbonyl (C=O) groups is 4. The Morgan fingerprint density at radius 3 is 1.22 bits per heavy atom. The molecular weight excluding hydrogens is 408 g/mol.